The summed E-state index contributed by atoms with van der Waals surface area (Å²) in [5, 5.41) is 11.6. The zero-order chi connectivity index (χ0) is 18.9. The van der Waals surface area contributed by atoms with Crippen molar-refractivity contribution in [2.75, 3.05) is 18.5 Å². The summed E-state index contributed by atoms with van der Waals surface area (Å²) in [6, 6.07) is 13.8. The van der Waals surface area contributed by atoms with Gasteiger partial charge in [0.1, 0.15) is 11.8 Å². The highest BCUT2D eigenvalue weighted by Gasteiger charge is 2.10. The summed E-state index contributed by atoms with van der Waals surface area (Å²) in [4.78, 5) is 23.4. The fraction of sp³-hybridized carbons (Fsp3) is 0.211. The smallest absolute Gasteiger partial charge is 0.344 e. The number of amides is 1. The summed E-state index contributed by atoms with van der Waals surface area (Å²) in [5.41, 5.74) is 1.88. The van der Waals surface area contributed by atoms with Crippen LogP contribution in [0, 0.1) is 11.3 Å². The number of nitrogens with zero attached hydrogens (tertiary/aromatic N) is 1. The molecule has 0 aromatic heterocycles. The summed E-state index contributed by atoms with van der Waals surface area (Å²) >= 11 is 5.88. The number of rotatable bonds is 7. The number of nitriles is 1. The molecule has 2 aromatic rings. The van der Waals surface area contributed by atoms with Crippen molar-refractivity contribution in [3.8, 4) is 11.8 Å². The molecule has 0 radical (unpaired) electrons. The minimum Gasteiger partial charge on any atom is -0.482 e. The molecule has 0 fully saturated rings. The Bertz CT molecular complexity index is 828. The number of esters is 1. The standard InChI is InChI=1S/C19H17ClN2O4/c1-2-13-3-7-16(8-4-13)25-12-19(24)26-11-18(23)22-15-6-5-14(10-21)17(20)9-15/h3-9H,2,11-12H2,1H3,(H,22,23). The Morgan fingerprint density at radius 1 is 1.15 bits per heavy atom. The molecule has 0 aliphatic heterocycles. The van der Waals surface area contributed by atoms with Crippen molar-refractivity contribution in [1.29, 1.82) is 5.26 Å². The van der Waals surface area contributed by atoms with Gasteiger partial charge in [-0.1, -0.05) is 30.7 Å². The molecule has 1 amide bonds. The monoisotopic (exact) mass is 372 g/mol. The van der Waals surface area contributed by atoms with Gasteiger partial charge in [0, 0.05) is 5.69 Å². The molecule has 0 aliphatic carbocycles. The molecule has 134 valence electrons. The molecule has 2 rings (SSSR count). The maximum absolute atomic E-state index is 11.8. The van der Waals surface area contributed by atoms with Gasteiger partial charge in [-0.3, -0.25) is 4.79 Å². The van der Waals surface area contributed by atoms with Crippen LogP contribution in [0.5, 0.6) is 5.75 Å². The number of carbonyl (C=O) groups excluding carboxylic acids is 2. The van der Waals surface area contributed by atoms with Crippen LogP contribution < -0.4 is 10.1 Å². The maximum Gasteiger partial charge on any atom is 0.344 e. The molecule has 0 saturated carbocycles. The van der Waals surface area contributed by atoms with Gasteiger partial charge in [-0.2, -0.15) is 5.26 Å². The number of anilines is 1. The lowest BCUT2D eigenvalue weighted by molar-refractivity contribution is -0.149. The molecular weight excluding hydrogens is 356 g/mol. The van der Waals surface area contributed by atoms with Gasteiger partial charge in [0.15, 0.2) is 13.2 Å². The summed E-state index contributed by atoms with van der Waals surface area (Å²) in [5.74, 6) is -0.625. The first-order valence-corrected chi connectivity index (χ1v) is 8.26. The zero-order valence-electron chi connectivity index (χ0n) is 14.1. The average Bonchev–Trinajstić information content (AvgIpc) is 2.65. The molecule has 2 aromatic carbocycles. The quantitative estimate of drug-likeness (QED) is 0.753. The van der Waals surface area contributed by atoms with Crippen LogP contribution >= 0.6 is 11.6 Å². The highest BCUT2D eigenvalue weighted by Crippen LogP contribution is 2.20. The Hall–Kier alpha value is -3.04. The summed E-state index contributed by atoms with van der Waals surface area (Å²) < 4.78 is 10.2. The van der Waals surface area contributed by atoms with E-state index in [-0.39, 0.29) is 11.6 Å². The van der Waals surface area contributed by atoms with Gasteiger partial charge < -0.3 is 14.8 Å². The van der Waals surface area contributed by atoms with Crippen LogP contribution in [-0.2, 0) is 20.7 Å². The minimum absolute atomic E-state index is 0.227. The predicted molar refractivity (Wildman–Crippen MR) is 97.1 cm³/mol. The molecule has 0 spiro atoms. The Kier molecular flexibility index (Phi) is 7.01. The number of nitrogens with one attached hydrogen (secondary N) is 1. The Labute approximate surface area is 156 Å². The van der Waals surface area contributed by atoms with Gasteiger partial charge in [-0.15, -0.1) is 0 Å². The van der Waals surface area contributed by atoms with Gasteiger partial charge in [0.25, 0.3) is 5.91 Å². The van der Waals surface area contributed by atoms with E-state index in [1.165, 1.54) is 23.8 Å². The normalized spacial score (nSPS) is 9.88. The highest BCUT2D eigenvalue weighted by atomic mass is 35.5. The van der Waals surface area contributed by atoms with Crippen LogP contribution in [0.3, 0.4) is 0 Å². The second-order valence-electron chi connectivity index (χ2n) is 5.30. The largest absolute Gasteiger partial charge is 0.482 e. The third kappa shape index (κ3) is 5.80. The van der Waals surface area contributed by atoms with E-state index in [0.29, 0.717) is 17.0 Å². The molecule has 0 atom stereocenters. The fourth-order valence-corrected chi connectivity index (χ4v) is 2.25. The number of carbonyl (C=O) groups is 2. The van der Waals surface area contributed by atoms with E-state index >= 15 is 0 Å². The highest BCUT2D eigenvalue weighted by molar-refractivity contribution is 6.32. The fourth-order valence-electron chi connectivity index (χ4n) is 2.03. The number of hydrogen-bond donors (Lipinski definition) is 1. The van der Waals surface area contributed by atoms with Crippen molar-refractivity contribution in [2.24, 2.45) is 0 Å². The summed E-state index contributed by atoms with van der Waals surface area (Å²) in [7, 11) is 0. The number of hydrogen-bond acceptors (Lipinski definition) is 5. The van der Waals surface area contributed by atoms with Crippen LogP contribution in [0.2, 0.25) is 5.02 Å². The molecule has 6 nitrogen and oxygen atoms in total. The van der Waals surface area contributed by atoms with Crippen LogP contribution in [-0.4, -0.2) is 25.1 Å². The first-order valence-electron chi connectivity index (χ1n) is 7.88. The number of benzene rings is 2. The van der Waals surface area contributed by atoms with Crippen LogP contribution in [0.25, 0.3) is 0 Å². The summed E-state index contributed by atoms with van der Waals surface area (Å²) in [6.45, 7) is 1.31. The van der Waals surface area contributed by atoms with Crippen molar-refractivity contribution in [3.63, 3.8) is 0 Å². The minimum atomic E-state index is -0.655. The molecular formula is C19H17ClN2O4. The van der Waals surface area contributed by atoms with Gasteiger partial charge in [-0.05, 0) is 42.3 Å². The summed E-state index contributed by atoms with van der Waals surface area (Å²) in [6.07, 6.45) is 0.919. The second-order valence-corrected chi connectivity index (χ2v) is 5.71. The third-order valence-corrected chi connectivity index (χ3v) is 3.74. The SMILES string of the molecule is CCc1ccc(OCC(=O)OCC(=O)Nc2ccc(C#N)c(Cl)c2)cc1. The third-order valence-electron chi connectivity index (χ3n) is 3.43. The number of aryl methyl sites for hydroxylation is 1. The van der Waals surface area contributed by atoms with Crippen molar-refractivity contribution >= 4 is 29.2 Å². The van der Waals surface area contributed by atoms with Gasteiger partial charge >= 0.3 is 5.97 Å². The molecule has 0 saturated heterocycles. The lowest BCUT2D eigenvalue weighted by atomic mass is 10.2. The van der Waals surface area contributed by atoms with Gasteiger partial charge in [0.2, 0.25) is 0 Å². The Morgan fingerprint density at radius 3 is 2.50 bits per heavy atom. The van der Waals surface area contributed by atoms with Gasteiger partial charge in [-0.25, -0.2) is 4.79 Å². The average molecular weight is 373 g/mol. The van der Waals surface area contributed by atoms with E-state index in [4.69, 9.17) is 26.3 Å². The molecule has 7 heteroatoms. The molecule has 1 N–H and O–H groups in total. The van der Waals surface area contributed by atoms with Crippen LogP contribution in [0.1, 0.15) is 18.1 Å². The lowest BCUT2D eigenvalue weighted by Gasteiger charge is -2.08. The topological polar surface area (TPSA) is 88.4 Å². The van der Waals surface area contributed by atoms with Crippen LogP contribution in [0.4, 0.5) is 5.69 Å². The second kappa shape index (κ2) is 9.44. The number of halogens is 1. The molecule has 0 unspecified atom stereocenters. The van der Waals surface area contributed by atoms with Crippen molar-refractivity contribution < 1.29 is 19.1 Å². The Morgan fingerprint density at radius 2 is 1.88 bits per heavy atom. The van der Waals surface area contributed by atoms with E-state index < -0.39 is 18.5 Å². The Balaban J connectivity index is 1.75. The van der Waals surface area contributed by atoms with E-state index in [0.717, 1.165) is 6.42 Å². The van der Waals surface area contributed by atoms with Crippen molar-refractivity contribution in [1.82, 2.24) is 0 Å². The molecule has 0 aliphatic rings. The molecule has 0 heterocycles. The van der Waals surface area contributed by atoms with Gasteiger partial charge in [0.05, 0.1) is 10.6 Å². The first kappa shape index (κ1) is 19.3. The first-order chi connectivity index (χ1) is 12.5. The lowest BCUT2D eigenvalue weighted by Crippen LogP contribution is -2.23. The van der Waals surface area contributed by atoms with E-state index in [9.17, 15) is 9.59 Å². The van der Waals surface area contributed by atoms with E-state index in [2.05, 4.69) is 5.32 Å². The molecule has 26 heavy (non-hydrogen) atoms. The van der Waals surface area contributed by atoms with Crippen molar-refractivity contribution in [2.45, 2.75) is 13.3 Å². The van der Waals surface area contributed by atoms with Crippen LogP contribution in [0.15, 0.2) is 42.5 Å². The molecule has 0 bridgehead atoms. The maximum atomic E-state index is 11.8. The van der Waals surface area contributed by atoms with Crippen molar-refractivity contribution in [3.05, 3.63) is 58.6 Å². The predicted octanol–water partition coefficient (Wildman–Crippen LogP) is 3.33. The van der Waals surface area contributed by atoms with E-state index in [1.54, 1.807) is 12.1 Å². The van der Waals surface area contributed by atoms with E-state index in [1.807, 2.05) is 25.1 Å². The zero-order valence-corrected chi connectivity index (χ0v) is 14.9. The number of ether oxygens (including phenoxy) is 2.